The first-order valence-corrected chi connectivity index (χ1v) is 7.66. The van der Waals surface area contributed by atoms with Crippen molar-refractivity contribution in [2.24, 2.45) is 0 Å². The number of halogens is 2. The summed E-state index contributed by atoms with van der Waals surface area (Å²) >= 11 is 3.02. The standard InChI is InChI=1S/C17H14BrFN2O2/c1-3-22-9-8-12-10-14(20-2)5-4-13(12)11-23-16-7-6-15(19)17(18)21-16/h4-10H,3,11H2,1H3/b9-8+. The van der Waals surface area contributed by atoms with E-state index in [0.717, 1.165) is 11.1 Å². The Hall–Kier alpha value is -2.39. The van der Waals surface area contributed by atoms with Crippen molar-refractivity contribution < 1.29 is 13.9 Å². The van der Waals surface area contributed by atoms with Gasteiger partial charge in [0.15, 0.2) is 11.5 Å². The number of benzene rings is 1. The van der Waals surface area contributed by atoms with E-state index in [1.54, 1.807) is 24.5 Å². The molecule has 0 aliphatic rings. The lowest BCUT2D eigenvalue weighted by atomic mass is 10.1. The summed E-state index contributed by atoms with van der Waals surface area (Å²) in [5, 5.41) is 0. The normalized spacial score (nSPS) is 10.5. The zero-order chi connectivity index (χ0) is 16.7. The van der Waals surface area contributed by atoms with Gasteiger partial charge in [0.05, 0.1) is 19.4 Å². The first kappa shape index (κ1) is 17.0. The summed E-state index contributed by atoms with van der Waals surface area (Å²) in [6.45, 7) is 9.80. The van der Waals surface area contributed by atoms with Crippen LogP contribution in [0.1, 0.15) is 18.1 Å². The van der Waals surface area contributed by atoms with Crippen LogP contribution < -0.4 is 4.74 Å². The molecule has 0 spiro atoms. The largest absolute Gasteiger partial charge is 0.501 e. The number of hydrogen-bond donors (Lipinski definition) is 0. The molecule has 0 fully saturated rings. The van der Waals surface area contributed by atoms with Gasteiger partial charge in [0.1, 0.15) is 11.2 Å². The minimum absolute atomic E-state index is 0.106. The van der Waals surface area contributed by atoms with Crippen molar-refractivity contribution in [3.8, 4) is 5.88 Å². The topological polar surface area (TPSA) is 35.7 Å². The minimum atomic E-state index is -0.445. The van der Waals surface area contributed by atoms with Crippen LogP contribution in [0.25, 0.3) is 10.9 Å². The number of ether oxygens (including phenoxy) is 2. The molecule has 0 atom stereocenters. The van der Waals surface area contributed by atoms with Crippen LogP contribution in [0.15, 0.2) is 41.2 Å². The van der Waals surface area contributed by atoms with Crippen molar-refractivity contribution in [1.29, 1.82) is 0 Å². The third-order valence-electron chi connectivity index (χ3n) is 2.92. The molecule has 0 amide bonds. The molecule has 0 N–H and O–H groups in total. The third kappa shape index (κ3) is 4.80. The van der Waals surface area contributed by atoms with Crippen molar-refractivity contribution in [3.05, 3.63) is 69.6 Å². The van der Waals surface area contributed by atoms with Crippen LogP contribution in [-0.2, 0) is 11.3 Å². The lowest BCUT2D eigenvalue weighted by Crippen LogP contribution is -2.00. The molecule has 0 saturated carbocycles. The highest BCUT2D eigenvalue weighted by Crippen LogP contribution is 2.22. The Morgan fingerprint density at radius 2 is 2.17 bits per heavy atom. The molecular formula is C17H14BrFN2O2. The smallest absolute Gasteiger partial charge is 0.214 e. The molecule has 0 aliphatic heterocycles. The van der Waals surface area contributed by atoms with Crippen LogP contribution in [-0.4, -0.2) is 11.6 Å². The van der Waals surface area contributed by atoms with E-state index in [4.69, 9.17) is 16.0 Å². The van der Waals surface area contributed by atoms with E-state index >= 15 is 0 Å². The van der Waals surface area contributed by atoms with Crippen LogP contribution in [0.4, 0.5) is 10.1 Å². The number of aromatic nitrogens is 1. The molecule has 1 aromatic carbocycles. The van der Waals surface area contributed by atoms with Crippen molar-refractivity contribution in [2.45, 2.75) is 13.5 Å². The summed E-state index contributed by atoms with van der Waals surface area (Å²) in [6.07, 6.45) is 3.37. The first-order chi connectivity index (χ1) is 11.1. The third-order valence-corrected chi connectivity index (χ3v) is 3.48. The molecule has 0 bridgehead atoms. The van der Waals surface area contributed by atoms with E-state index < -0.39 is 5.82 Å². The molecule has 2 aromatic rings. The Balaban J connectivity index is 2.17. The van der Waals surface area contributed by atoms with Crippen LogP contribution in [0, 0.1) is 12.4 Å². The van der Waals surface area contributed by atoms with E-state index in [9.17, 15) is 4.39 Å². The van der Waals surface area contributed by atoms with Gasteiger partial charge in [0, 0.05) is 6.07 Å². The van der Waals surface area contributed by atoms with Crippen LogP contribution in [0.2, 0.25) is 0 Å². The summed E-state index contributed by atoms with van der Waals surface area (Å²) in [5.41, 5.74) is 2.23. The Labute approximate surface area is 142 Å². The van der Waals surface area contributed by atoms with Gasteiger partial charge < -0.3 is 9.47 Å². The van der Waals surface area contributed by atoms with Crippen molar-refractivity contribution in [3.63, 3.8) is 0 Å². The van der Waals surface area contributed by atoms with Gasteiger partial charge >= 0.3 is 0 Å². The molecule has 0 saturated heterocycles. The second kappa shape index (κ2) is 8.30. The summed E-state index contributed by atoms with van der Waals surface area (Å²) in [7, 11) is 0. The molecule has 6 heteroatoms. The summed E-state index contributed by atoms with van der Waals surface area (Å²) in [6, 6.07) is 8.04. The zero-order valence-corrected chi connectivity index (χ0v) is 14.0. The summed E-state index contributed by atoms with van der Waals surface area (Å²) in [5.74, 6) is -0.133. The van der Waals surface area contributed by atoms with Gasteiger partial charge in [0.2, 0.25) is 5.88 Å². The SMILES string of the molecule is [C-]#[N+]c1ccc(COc2ccc(F)c(Br)n2)c(/C=C/OCC)c1. The van der Waals surface area contributed by atoms with Gasteiger partial charge in [-0.3, -0.25) is 0 Å². The summed E-state index contributed by atoms with van der Waals surface area (Å²) < 4.78 is 24.1. The predicted octanol–water partition coefficient (Wildman–Crippen LogP) is 5.12. The van der Waals surface area contributed by atoms with Crippen LogP contribution in [0.3, 0.4) is 0 Å². The quantitative estimate of drug-likeness (QED) is 0.398. The Bertz CT molecular complexity index is 757. The maximum atomic E-state index is 13.2. The molecule has 118 valence electrons. The highest BCUT2D eigenvalue weighted by Gasteiger charge is 2.06. The van der Waals surface area contributed by atoms with E-state index in [0.29, 0.717) is 18.2 Å². The molecule has 4 nitrogen and oxygen atoms in total. The molecule has 1 heterocycles. The van der Waals surface area contributed by atoms with Gasteiger partial charge in [-0.1, -0.05) is 12.1 Å². The fraction of sp³-hybridized carbons (Fsp3) is 0.176. The fourth-order valence-electron chi connectivity index (χ4n) is 1.79. The Kier molecular flexibility index (Phi) is 6.12. The molecule has 0 unspecified atom stereocenters. The highest BCUT2D eigenvalue weighted by atomic mass is 79.9. The summed E-state index contributed by atoms with van der Waals surface area (Å²) in [4.78, 5) is 7.37. The molecule has 0 radical (unpaired) electrons. The molecule has 1 aromatic heterocycles. The molecule has 2 rings (SSSR count). The van der Waals surface area contributed by atoms with Crippen LogP contribution >= 0.6 is 15.9 Å². The number of pyridine rings is 1. The first-order valence-electron chi connectivity index (χ1n) is 6.87. The average molecular weight is 377 g/mol. The lowest BCUT2D eigenvalue weighted by molar-refractivity contribution is 0.272. The molecule has 23 heavy (non-hydrogen) atoms. The average Bonchev–Trinajstić information content (AvgIpc) is 2.56. The highest BCUT2D eigenvalue weighted by molar-refractivity contribution is 9.10. The minimum Gasteiger partial charge on any atom is -0.501 e. The maximum absolute atomic E-state index is 13.2. The van der Waals surface area contributed by atoms with Crippen molar-refractivity contribution in [1.82, 2.24) is 4.98 Å². The van der Waals surface area contributed by atoms with Gasteiger partial charge in [-0.05, 0) is 52.2 Å². The van der Waals surface area contributed by atoms with Gasteiger partial charge in [0.25, 0.3) is 0 Å². The Morgan fingerprint density at radius 3 is 2.87 bits per heavy atom. The van der Waals surface area contributed by atoms with E-state index in [2.05, 4.69) is 25.8 Å². The second-order valence-corrected chi connectivity index (χ2v) is 5.21. The predicted molar refractivity (Wildman–Crippen MR) is 89.6 cm³/mol. The fourth-order valence-corrected chi connectivity index (χ4v) is 2.10. The zero-order valence-electron chi connectivity index (χ0n) is 12.4. The van der Waals surface area contributed by atoms with E-state index in [-0.39, 0.29) is 11.2 Å². The maximum Gasteiger partial charge on any atom is 0.214 e. The number of rotatable bonds is 6. The number of hydrogen-bond acceptors (Lipinski definition) is 3. The second-order valence-electron chi connectivity index (χ2n) is 4.46. The molecular weight excluding hydrogens is 363 g/mol. The van der Waals surface area contributed by atoms with E-state index in [1.165, 1.54) is 12.1 Å². The van der Waals surface area contributed by atoms with Gasteiger partial charge in [-0.25, -0.2) is 14.2 Å². The lowest BCUT2D eigenvalue weighted by Gasteiger charge is -2.09. The van der Waals surface area contributed by atoms with Crippen molar-refractivity contribution in [2.75, 3.05) is 6.61 Å². The Morgan fingerprint density at radius 1 is 1.35 bits per heavy atom. The number of nitrogens with zero attached hydrogens (tertiary/aromatic N) is 2. The monoisotopic (exact) mass is 376 g/mol. The van der Waals surface area contributed by atoms with Crippen molar-refractivity contribution >= 4 is 27.7 Å². The van der Waals surface area contributed by atoms with Gasteiger partial charge in [-0.15, -0.1) is 0 Å². The van der Waals surface area contributed by atoms with Crippen LogP contribution in [0.5, 0.6) is 5.88 Å². The molecule has 0 aliphatic carbocycles. The van der Waals surface area contributed by atoms with E-state index in [1.807, 2.05) is 13.0 Å². The van der Waals surface area contributed by atoms with Gasteiger partial charge in [-0.2, -0.15) is 0 Å².